The Balaban J connectivity index is 1.77. The molecule has 2 aromatic rings. The fraction of sp³-hybridized carbons (Fsp3) is 0.500. The Bertz CT molecular complexity index is 486. The molecule has 0 atom stereocenters. The minimum absolute atomic E-state index is 0.0867. The minimum atomic E-state index is -0.0867. The van der Waals surface area contributed by atoms with Crippen LogP contribution >= 0.6 is 0 Å². The van der Waals surface area contributed by atoms with Crippen LogP contribution in [0.4, 0.5) is 0 Å². The van der Waals surface area contributed by atoms with Crippen LogP contribution in [0.2, 0.25) is 0 Å². The Kier molecular flexibility index (Phi) is 2.21. The summed E-state index contributed by atoms with van der Waals surface area (Å²) in [6, 6.07) is 0. The highest BCUT2D eigenvalue weighted by Gasteiger charge is 2.28. The van der Waals surface area contributed by atoms with Gasteiger partial charge in [-0.05, 0) is 12.8 Å². The van der Waals surface area contributed by atoms with Gasteiger partial charge in [0.1, 0.15) is 19.0 Å². The Morgan fingerprint density at radius 1 is 1.50 bits per heavy atom. The topological polar surface area (TPSA) is 77.0 Å². The molecule has 0 saturated heterocycles. The van der Waals surface area contributed by atoms with Crippen LogP contribution in [-0.4, -0.2) is 24.8 Å². The first-order valence-electron chi connectivity index (χ1n) is 5.30. The molecule has 0 spiro atoms. The van der Waals surface area contributed by atoms with Crippen LogP contribution in [0.15, 0.2) is 16.9 Å². The Morgan fingerprint density at radius 3 is 3.12 bits per heavy atom. The van der Waals surface area contributed by atoms with Crippen LogP contribution < -0.4 is 0 Å². The van der Waals surface area contributed by atoms with E-state index < -0.39 is 0 Å². The van der Waals surface area contributed by atoms with E-state index in [-0.39, 0.29) is 6.61 Å². The molecule has 16 heavy (non-hydrogen) atoms. The highest BCUT2D eigenvalue weighted by molar-refractivity contribution is 5.04. The largest absolute Gasteiger partial charge is 0.388 e. The van der Waals surface area contributed by atoms with Gasteiger partial charge in [0, 0.05) is 18.3 Å². The molecular formula is C10H12N4O2. The molecule has 2 aromatic heterocycles. The molecule has 1 aliphatic carbocycles. The summed E-state index contributed by atoms with van der Waals surface area (Å²) in [4.78, 5) is 8.32. The molecule has 2 heterocycles. The molecule has 0 bridgehead atoms. The fourth-order valence-corrected chi connectivity index (χ4v) is 1.62. The summed E-state index contributed by atoms with van der Waals surface area (Å²) in [6.45, 7) is 0.381. The summed E-state index contributed by atoms with van der Waals surface area (Å²) in [5.74, 6) is 2.47. The molecule has 0 amide bonds. The van der Waals surface area contributed by atoms with Crippen LogP contribution in [-0.2, 0) is 13.2 Å². The van der Waals surface area contributed by atoms with Crippen molar-refractivity contribution in [1.29, 1.82) is 0 Å². The molecular weight excluding hydrogens is 208 g/mol. The van der Waals surface area contributed by atoms with Crippen molar-refractivity contribution in [2.24, 2.45) is 0 Å². The van der Waals surface area contributed by atoms with E-state index in [4.69, 9.17) is 9.63 Å². The maximum Gasteiger partial charge on any atom is 0.246 e. The summed E-state index contributed by atoms with van der Waals surface area (Å²) in [5.41, 5.74) is 0. The smallest absolute Gasteiger partial charge is 0.246 e. The SMILES string of the molecule is OCc1nccn1Cc1nc(C2CC2)no1. The van der Waals surface area contributed by atoms with Crippen molar-refractivity contribution in [3.8, 4) is 0 Å². The molecule has 3 rings (SSSR count). The van der Waals surface area contributed by atoms with E-state index in [9.17, 15) is 0 Å². The van der Waals surface area contributed by atoms with Crippen LogP contribution in [0.5, 0.6) is 0 Å². The van der Waals surface area contributed by atoms with E-state index in [1.54, 1.807) is 17.0 Å². The lowest BCUT2D eigenvalue weighted by Gasteiger charge is -2.00. The van der Waals surface area contributed by atoms with Crippen molar-refractivity contribution >= 4 is 0 Å². The number of hydrogen-bond donors (Lipinski definition) is 1. The number of nitrogens with zero attached hydrogens (tertiary/aromatic N) is 4. The van der Waals surface area contributed by atoms with Gasteiger partial charge >= 0.3 is 0 Å². The summed E-state index contributed by atoms with van der Waals surface area (Å²) in [6.07, 6.45) is 5.74. The molecule has 6 nitrogen and oxygen atoms in total. The predicted molar refractivity (Wildman–Crippen MR) is 53.5 cm³/mol. The quantitative estimate of drug-likeness (QED) is 0.820. The number of imidazole rings is 1. The van der Waals surface area contributed by atoms with Gasteiger partial charge in [0.25, 0.3) is 0 Å². The molecule has 0 aromatic carbocycles. The molecule has 0 unspecified atom stereocenters. The molecule has 1 fully saturated rings. The Labute approximate surface area is 91.9 Å². The van der Waals surface area contributed by atoms with Gasteiger partial charge in [0.2, 0.25) is 5.89 Å². The van der Waals surface area contributed by atoms with Gasteiger partial charge < -0.3 is 14.2 Å². The van der Waals surface area contributed by atoms with Gasteiger partial charge in [-0.1, -0.05) is 5.16 Å². The molecule has 1 saturated carbocycles. The number of hydrogen-bond acceptors (Lipinski definition) is 5. The second-order valence-electron chi connectivity index (χ2n) is 3.95. The Hall–Kier alpha value is -1.69. The first kappa shape index (κ1) is 9.53. The van der Waals surface area contributed by atoms with Gasteiger partial charge in [0.05, 0.1) is 0 Å². The van der Waals surface area contributed by atoms with Crippen LogP contribution in [0.25, 0.3) is 0 Å². The maximum absolute atomic E-state index is 9.04. The normalized spacial score (nSPS) is 15.6. The van der Waals surface area contributed by atoms with E-state index in [1.165, 1.54) is 0 Å². The molecule has 0 radical (unpaired) electrons. The zero-order valence-electron chi connectivity index (χ0n) is 8.70. The summed E-state index contributed by atoms with van der Waals surface area (Å²) in [5, 5.41) is 13.0. The average molecular weight is 220 g/mol. The van der Waals surface area contributed by atoms with E-state index in [0.717, 1.165) is 18.7 Å². The molecule has 84 valence electrons. The third kappa shape index (κ3) is 1.71. The standard InChI is InChI=1S/C10H12N4O2/c15-6-8-11-3-4-14(8)5-9-12-10(13-16-9)7-1-2-7/h3-4,7,15H,1-2,5-6H2. The second-order valence-corrected chi connectivity index (χ2v) is 3.95. The van der Waals surface area contributed by atoms with E-state index >= 15 is 0 Å². The van der Waals surface area contributed by atoms with Crippen LogP contribution in [0.1, 0.15) is 36.3 Å². The fourth-order valence-electron chi connectivity index (χ4n) is 1.62. The maximum atomic E-state index is 9.04. The third-order valence-electron chi connectivity index (χ3n) is 2.68. The lowest BCUT2D eigenvalue weighted by Crippen LogP contribution is -2.04. The lowest BCUT2D eigenvalue weighted by molar-refractivity contribution is 0.264. The first-order chi connectivity index (χ1) is 7.86. The number of aliphatic hydroxyl groups is 1. The molecule has 6 heteroatoms. The lowest BCUT2D eigenvalue weighted by atomic mass is 10.4. The van der Waals surface area contributed by atoms with Gasteiger partial charge in [-0.2, -0.15) is 4.98 Å². The monoisotopic (exact) mass is 220 g/mol. The van der Waals surface area contributed by atoms with Crippen molar-refractivity contribution in [1.82, 2.24) is 19.7 Å². The minimum Gasteiger partial charge on any atom is -0.388 e. The van der Waals surface area contributed by atoms with E-state index in [0.29, 0.717) is 24.2 Å². The van der Waals surface area contributed by atoms with Crippen molar-refractivity contribution in [2.45, 2.75) is 31.9 Å². The molecule has 1 aliphatic rings. The van der Waals surface area contributed by atoms with Crippen LogP contribution in [0, 0.1) is 0 Å². The Morgan fingerprint density at radius 2 is 2.38 bits per heavy atom. The highest BCUT2D eigenvalue weighted by Crippen LogP contribution is 2.38. The second kappa shape index (κ2) is 3.71. The van der Waals surface area contributed by atoms with Gasteiger partial charge in [0.15, 0.2) is 5.82 Å². The zero-order valence-corrected chi connectivity index (χ0v) is 8.70. The first-order valence-corrected chi connectivity index (χ1v) is 5.30. The van der Waals surface area contributed by atoms with Gasteiger partial charge in [-0.3, -0.25) is 0 Å². The van der Waals surface area contributed by atoms with Crippen molar-refractivity contribution < 1.29 is 9.63 Å². The summed E-state index contributed by atoms with van der Waals surface area (Å²) < 4.78 is 6.94. The zero-order chi connectivity index (χ0) is 11.0. The molecule has 1 N–H and O–H groups in total. The van der Waals surface area contributed by atoms with Crippen molar-refractivity contribution in [3.63, 3.8) is 0 Å². The number of aliphatic hydroxyl groups excluding tert-OH is 1. The van der Waals surface area contributed by atoms with Gasteiger partial charge in [-0.15, -0.1) is 0 Å². The van der Waals surface area contributed by atoms with Crippen molar-refractivity contribution in [2.75, 3.05) is 0 Å². The van der Waals surface area contributed by atoms with Crippen molar-refractivity contribution in [3.05, 3.63) is 29.9 Å². The van der Waals surface area contributed by atoms with E-state index in [1.807, 2.05) is 0 Å². The predicted octanol–water partition coefficient (Wildman–Crippen LogP) is 0.684. The summed E-state index contributed by atoms with van der Waals surface area (Å²) >= 11 is 0. The van der Waals surface area contributed by atoms with Gasteiger partial charge in [-0.25, -0.2) is 4.98 Å². The highest BCUT2D eigenvalue weighted by atomic mass is 16.5. The van der Waals surface area contributed by atoms with Crippen LogP contribution in [0.3, 0.4) is 0 Å². The number of rotatable bonds is 4. The molecule has 0 aliphatic heterocycles. The average Bonchev–Trinajstić information content (AvgIpc) is 2.88. The van der Waals surface area contributed by atoms with E-state index in [2.05, 4.69) is 15.1 Å². The third-order valence-corrected chi connectivity index (χ3v) is 2.68. The summed E-state index contributed by atoms with van der Waals surface area (Å²) in [7, 11) is 0. The number of aromatic nitrogens is 4.